The number of hydrogen-bond acceptors (Lipinski definition) is 2. The predicted octanol–water partition coefficient (Wildman–Crippen LogP) is 3.84. The van der Waals surface area contributed by atoms with Gasteiger partial charge in [-0.05, 0) is 48.8 Å². The molecule has 0 bridgehead atoms. The summed E-state index contributed by atoms with van der Waals surface area (Å²) in [5, 5.41) is 4.81. The molecular weight excluding hydrogens is 258 g/mol. The fourth-order valence-electron chi connectivity index (χ4n) is 2.57. The number of benzene rings is 2. The van der Waals surface area contributed by atoms with E-state index in [-0.39, 0.29) is 0 Å². The number of aromatic nitrogens is 1. The summed E-state index contributed by atoms with van der Waals surface area (Å²) in [6, 6.07) is 17.1. The first kappa shape index (κ1) is 13.7. The lowest BCUT2D eigenvalue weighted by Gasteiger charge is -2.15. The average Bonchev–Trinajstić information content (AvgIpc) is 2.93. The van der Waals surface area contributed by atoms with Gasteiger partial charge in [0.2, 0.25) is 0 Å². The van der Waals surface area contributed by atoms with Gasteiger partial charge in [0, 0.05) is 30.5 Å². The van der Waals surface area contributed by atoms with E-state index >= 15 is 0 Å². The largest absolute Gasteiger partial charge is 0.381 e. The summed E-state index contributed by atoms with van der Waals surface area (Å²) >= 11 is 0. The number of nitrogens with zero attached hydrogens (tertiary/aromatic N) is 1. The highest BCUT2D eigenvalue weighted by molar-refractivity contribution is 5.79. The van der Waals surface area contributed by atoms with Crippen molar-refractivity contribution in [3.63, 3.8) is 0 Å². The molecule has 0 spiro atoms. The molecule has 3 heteroatoms. The van der Waals surface area contributed by atoms with Crippen LogP contribution in [0.5, 0.6) is 0 Å². The summed E-state index contributed by atoms with van der Waals surface area (Å²) in [6.07, 6.45) is 1.98. The van der Waals surface area contributed by atoms with Gasteiger partial charge in [0.05, 0.1) is 0 Å². The first-order valence-electron chi connectivity index (χ1n) is 7.25. The lowest BCUT2D eigenvalue weighted by Crippen LogP contribution is -2.12. The standard InChI is InChI=1S/C18H21N3/c1-21(2)13-16-5-3-4-6-17(16)20-12-14-7-8-15-9-10-19-18(15)11-14/h3-11,19-20H,12-13H2,1-2H3. The molecule has 0 unspecified atom stereocenters. The van der Waals surface area contributed by atoms with E-state index in [4.69, 9.17) is 0 Å². The molecule has 1 aromatic heterocycles. The van der Waals surface area contributed by atoms with Crippen molar-refractivity contribution in [2.45, 2.75) is 13.1 Å². The molecule has 0 amide bonds. The van der Waals surface area contributed by atoms with E-state index in [9.17, 15) is 0 Å². The van der Waals surface area contributed by atoms with Crippen LogP contribution in [0.25, 0.3) is 10.9 Å². The number of nitrogens with one attached hydrogen (secondary N) is 2. The third-order valence-corrected chi connectivity index (χ3v) is 3.61. The van der Waals surface area contributed by atoms with Crippen LogP contribution in [0.4, 0.5) is 5.69 Å². The van der Waals surface area contributed by atoms with Crippen molar-refractivity contribution < 1.29 is 0 Å². The minimum atomic E-state index is 0.833. The van der Waals surface area contributed by atoms with Gasteiger partial charge in [-0.2, -0.15) is 0 Å². The van der Waals surface area contributed by atoms with Gasteiger partial charge < -0.3 is 15.2 Å². The Balaban J connectivity index is 1.74. The van der Waals surface area contributed by atoms with Crippen LogP contribution in [0.15, 0.2) is 54.7 Å². The second-order valence-corrected chi connectivity index (χ2v) is 5.65. The third kappa shape index (κ3) is 3.26. The molecule has 0 saturated heterocycles. The van der Waals surface area contributed by atoms with Crippen LogP contribution >= 0.6 is 0 Å². The van der Waals surface area contributed by atoms with Gasteiger partial charge in [0.1, 0.15) is 0 Å². The van der Waals surface area contributed by atoms with E-state index in [0.717, 1.165) is 13.1 Å². The van der Waals surface area contributed by atoms with Crippen LogP contribution in [-0.2, 0) is 13.1 Å². The van der Waals surface area contributed by atoms with E-state index < -0.39 is 0 Å². The SMILES string of the molecule is CN(C)Cc1ccccc1NCc1ccc2cc[nH]c2c1. The molecule has 21 heavy (non-hydrogen) atoms. The Morgan fingerprint density at radius 1 is 1.05 bits per heavy atom. The van der Waals surface area contributed by atoms with Gasteiger partial charge in [-0.3, -0.25) is 0 Å². The summed E-state index contributed by atoms with van der Waals surface area (Å²) in [5.41, 5.74) is 5.00. The maximum Gasteiger partial charge on any atom is 0.0457 e. The molecule has 3 aromatic rings. The first-order chi connectivity index (χ1) is 10.2. The number of H-pyrrole nitrogens is 1. The number of fused-ring (bicyclic) bond motifs is 1. The first-order valence-corrected chi connectivity index (χ1v) is 7.25. The topological polar surface area (TPSA) is 31.1 Å². The fraction of sp³-hybridized carbons (Fsp3) is 0.222. The molecule has 0 atom stereocenters. The second-order valence-electron chi connectivity index (χ2n) is 5.65. The Morgan fingerprint density at radius 2 is 1.90 bits per heavy atom. The van der Waals surface area contributed by atoms with Crippen LogP contribution < -0.4 is 5.32 Å². The zero-order valence-electron chi connectivity index (χ0n) is 12.6. The lowest BCUT2D eigenvalue weighted by atomic mass is 10.1. The minimum Gasteiger partial charge on any atom is -0.381 e. The monoisotopic (exact) mass is 279 g/mol. The van der Waals surface area contributed by atoms with Gasteiger partial charge in [0.15, 0.2) is 0 Å². The molecule has 2 aromatic carbocycles. The summed E-state index contributed by atoms with van der Waals surface area (Å²) in [4.78, 5) is 5.45. The Kier molecular flexibility index (Phi) is 3.93. The third-order valence-electron chi connectivity index (χ3n) is 3.61. The van der Waals surface area contributed by atoms with Crippen molar-refractivity contribution in [2.75, 3.05) is 19.4 Å². The Morgan fingerprint density at radius 3 is 2.76 bits per heavy atom. The highest BCUT2D eigenvalue weighted by atomic mass is 15.1. The Bertz CT molecular complexity index is 728. The van der Waals surface area contributed by atoms with Crippen LogP contribution in [0, 0.1) is 0 Å². The van der Waals surface area contributed by atoms with E-state index in [1.54, 1.807) is 0 Å². The van der Waals surface area contributed by atoms with Gasteiger partial charge in [-0.15, -0.1) is 0 Å². The molecule has 0 fully saturated rings. The van der Waals surface area contributed by atoms with Crippen molar-refractivity contribution in [1.29, 1.82) is 0 Å². The molecule has 108 valence electrons. The molecule has 3 nitrogen and oxygen atoms in total. The van der Waals surface area contributed by atoms with Crippen molar-refractivity contribution in [1.82, 2.24) is 9.88 Å². The molecule has 3 rings (SSSR count). The number of hydrogen-bond donors (Lipinski definition) is 2. The average molecular weight is 279 g/mol. The zero-order chi connectivity index (χ0) is 14.7. The predicted molar refractivity (Wildman–Crippen MR) is 89.5 cm³/mol. The highest BCUT2D eigenvalue weighted by Gasteiger charge is 2.03. The number of para-hydroxylation sites is 1. The maximum atomic E-state index is 3.55. The number of rotatable bonds is 5. The molecule has 0 aliphatic carbocycles. The number of anilines is 1. The Labute approximate surface area is 125 Å². The molecule has 0 saturated carbocycles. The maximum absolute atomic E-state index is 3.55. The smallest absolute Gasteiger partial charge is 0.0457 e. The normalized spacial score (nSPS) is 11.2. The molecule has 1 heterocycles. The molecule has 2 N–H and O–H groups in total. The highest BCUT2D eigenvalue weighted by Crippen LogP contribution is 2.19. The van der Waals surface area contributed by atoms with Gasteiger partial charge in [-0.25, -0.2) is 0 Å². The van der Waals surface area contributed by atoms with Gasteiger partial charge in [0.25, 0.3) is 0 Å². The fourth-order valence-corrected chi connectivity index (χ4v) is 2.57. The van der Waals surface area contributed by atoms with Crippen molar-refractivity contribution in [3.8, 4) is 0 Å². The molecule has 0 radical (unpaired) electrons. The van der Waals surface area contributed by atoms with Crippen LogP contribution in [0.1, 0.15) is 11.1 Å². The van der Waals surface area contributed by atoms with Crippen molar-refractivity contribution >= 4 is 16.6 Å². The van der Waals surface area contributed by atoms with Gasteiger partial charge in [-0.1, -0.05) is 30.3 Å². The summed E-state index contributed by atoms with van der Waals surface area (Å²) in [6.45, 7) is 1.78. The zero-order valence-corrected chi connectivity index (χ0v) is 12.6. The molecular formula is C18H21N3. The second kappa shape index (κ2) is 6.02. The number of aromatic amines is 1. The van der Waals surface area contributed by atoms with Gasteiger partial charge >= 0.3 is 0 Å². The lowest BCUT2D eigenvalue weighted by molar-refractivity contribution is 0.403. The summed E-state index contributed by atoms with van der Waals surface area (Å²) < 4.78 is 0. The minimum absolute atomic E-state index is 0.833. The van der Waals surface area contributed by atoms with Crippen molar-refractivity contribution in [2.24, 2.45) is 0 Å². The van der Waals surface area contributed by atoms with Crippen LogP contribution in [0.2, 0.25) is 0 Å². The quantitative estimate of drug-likeness (QED) is 0.743. The summed E-state index contributed by atoms with van der Waals surface area (Å²) in [7, 11) is 4.19. The molecule has 0 aliphatic rings. The van der Waals surface area contributed by atoms with E-state index in [2.05, 4.69) is 77.8 Å². The van der Waals surface area contributed by atoms with E-state index in [1.165, 1.54) is 27.7 Å². The molecule has 0 aliphatic heterocycles. The van der Waals surface area contributed by atoms with Crippen molar-refractivity contribution in [3.05, 3.63) is 65.9 Å². The van der Waals surface area contributed by atoms with E-state index in [0.29, 0.717) is 0 Å². The Hall–Kier alpha value is -2.26. The van der Waals surface area contributed by atoms with E-state index in [1.807, 2.05) is 6.20 Å². The van der Waals surface area contributed by atoms with Crippen LogP contribution in [-0.4, -0.2) is 24.0 Å². The van der Waals surface area contributed by atoms with Crippen LogP contribution in [0.3, 0.4) is 0 Å². The summed E-state index contributed by atoms with van der Waals surface area (Å²) in [5.74, 6) is 0.